The minimum absolute atomic E-state index is 1.12. The number of hydrogen-bond acceptors (Lipinski definition) is 0. The first-order valence-electron chi connectivity index (χ1n) is 4.79. The van der Waals surface area contributed by atoms with Crippen molar-refractivity contribution in [1.29, 1.82) is 0 Å². The van der Waals surface area contributed by atoms with E-state index in [1.165, 1.54) is 24.0 Å². The number of aryl methyl sites for hydroxylation is 1. The highest BCUT2D eigenvalue weighted by Crippen LogP contribution is 2.09. The lowest BCUT2D eigenvalue weighted by Crippen LogP contribution is -1.84. The van der Waals surface area contributed by atoms with Gasteiger partial charge in [0.25, 0.3) is 0 Å². The standard InChI is InChI=1S/C12H17/c1-3-5-11-7-9-12(6-4-2)10-8-11/h5,7-10H,3-4,6H2,1-2H3. The third-order valence-corrected chi connectivity index (χ3v) is 1.96. The molecule has 0 aliphatic rings. The average molecular weight is 161 g/mol. The first-order chi connectivity index (χ1) is 5.86. The van der Waals surface area contributed by atoms with E-state index in [4.69, 9.17) is 0 Å². The van der Waals surface area contributed by atoms with Gasteiger partial charge in [0.05, 0.1) is 0 Å². The highest BCUT2D eigenvalue weighted by Gasteiger charge is 1.92. The first-order valence-corrected chi connectivity index (χ1v) is 4.79. The molecule has 0 aromatic heterocycles. The van der Waals surface area contributed by atoms with Gasteiger partial charge in [-0.05, 0) is 30.4 Å². The summed E-state index contributed by atoms with van der Waals surface area (Å²) in [6, 6.07) is 8.86. The predicted molar refractivity (Wildman–Crippen MR) is 54.1 cm³/mol. The Kier molecular flexibility index (Phi) is 3.86. The molecular weight excluding hydrogens is 144 g/mol. The van der Waals surface area contributed by atoms with Crippen molar-refractivity contribution in [2.75, 3.05) is 0 Å². The van der Waals surface area contributed by atoms with Gasteiger partial charge in [-0.25, -0.2) is 0 Å². The summed E-state index contributed by atoms with van der Waals surface area (Å²) in [7, 11) is 0. The predicted octanol–water partition coefficient (Wildman–Crippen LogP) is 3.60. The fourth-order valence-electron chi connectivity index (χ4n) is 1.34. The molecule has 0 saturated heterocycles. The summed E-state index contributed by atoms with van der Waals surface area (Å²) < 4.78 is 0. The second kappa shape index (κ2) is 4.97. The van der Waals surface area contributed by atoms with Crippen LogP contribution in [0, 0.1) is 6.42 Å². The molecule has 0 spiro atoms. The third-order valence-electron chi connectivity index (χ3n) is 1.96. The van der Waals surface area contributed by atoms with Crippen molar-refractivity contribution in [3.63, 3.8) is 0 Å². The fourth-order valence-corrected chi connectivity index (χ4v) is 1.34. The van der Waals surface area contributed by atoms with E-state index in [1.54, 1.807) is 0 Å². The van der Waals surface area contributed by atoms with Crippen LogP contribution >= 0.6 is 0 Å². The molecule has 0 unspecified atom stereocenters. The molecule has 0 bridgehead atoms. The zero-order valence-corrected chi connectivity index (χ0v) is 8.01. The topological polar surface area (TPSA) is 0 Å². The molecule has 0 aliphatic heterocycles. The molecule has 0 heterocycles. The minimum atomic E-state index is 1.12. The maximum Gasteiger partial charge on any atom is -0.00958 e. The van der Waals surface area contributed by atoms with Crippen molar-refractivity contribution in [3.05, 3.63) is 41.8 Å². The maximum absolute atomic E-state index is 2.25. The molecule has 0 fully saturated rings. The van der Waals surface area contributed by atoms with Crippen LogP contribution in [0.1, 0.15) is 37.8 Å². The fraction of sp³-hybridized carbons (Fsp3) is 0.417. The second-order valence-corrected chi connectivity index (χ2v) is 3.10. The van der Waals surface area contributed by atoms with Crippen molar-refractivity contribution in [2.45, 2.75) is 33.1 Å². The Balaban J connectivity index is 2.58. The molecular formula is C12H17. The summed E-state index contributed by atoms with van der Waals surface area (Å²) in [6.07, 6.45) is 5.80. The third kappa shape index (κ3) is 2.69. The van der Waals surface area contributed by atoms with Gasteiger partial charge < -0.3 is 0 Å². The summed E-state index contributed by atoms with van der Waals surface area (Å²) >= 11 is 0. The molecule has 0 heteroatoms. The molecule has 1 aromatic rings. The van der Waals surface area contributed by atoms with Crippen LogP contribution in [-0.2, 0) is 6.42 Å². The van der Waals surface area contributed by atoms with Gasteiger partial charge in [-0.1, -0.05) is 44.5 Å². The monoisotopic (exact) mass is 161 g/mol. The summed E-state index contributed by atoms with van der Waals surface area (Å²) in [6.45, 7) is 4.38. The lowest BCUT2D eigenvalue weighted by atomic mass is 10.1. The summed E-state index contributed by atoms with van der Waals surface area (Å²) in [5, 5.41) is 0. The van der Waals surface area contributed by atoms with Gasteiger partial charge in [-0.15, -0.1) is 0 Å². The van der Waals surface area contributed by atoms with Crippen molar-refractivity contribution in [3.8, 4) is 0 Å². The summed E-state index contributed by atoms with van der Waals surface area (Å²) in [5.74, 6) is 0. The number of hydrogen-bond donors (Lipinski definition) is 0. The molecule has 0 atom stereocenters. The Morgan fingerprint density at radius 2 is 1.75 bits per heavy atom. The van der Waals surface area contributed by atoms with E-state index in [2.05, 4.69) is 44.5 Å². The van der Waals surface area contributed by atoms with E-state index in [9.17, 15) is 0 Å². The quantitative estimate of drug-likeness (QED) is 0.633. The molecule has 1 radical (unpaired) electrons. The summed E-state index contributed by atoms with van der Waals surface area (Å²) in [5.41, 5.74) is 2.79. The first kappa shape index (κ1) is 9.31. The lowest BCUT2D eigenvalue weighted by molar-refractivity contribution is 0.921. The Bertz CT molecular complexity index is 183. The zero-order valence-electron chi connectivity index (χ0n) is 8.01. The van der Waals surface area contributed by atoms with Crippen molar-refractivity contribution >= 4 is 0 Å². The van der Waals surface area contributed by atoms with Gasteiger partial charge >= 0.3 is 0 Å². The van der Waals surface area contributed by atoms with E-state index in [0.29, 0.717) is 0 Å². The van der Waals surface area contributed by atoms with Crippen LogP contribution in [0.5, 0.6) is 0 Å². The van der Waals surface area contributed by atoms with Crippen molar-refractivity contribution in [2.24, 2.45) is 0 Å². The van der Waals surface area contributed by atoms with Gasteiger partial charge in [0, 0.05) is 0 Å². The average Bonchev–Trinajstić information content (AvgIpc) is 2.09. The van der Waals surface area contributed by atoms with E-state index in [1.807, 2.05) is 0 Å². The smallest absolute Gasteiger partial charge is 0.00958 e. The SMILES string of the molecule is CC[CH]c1ccc(CCC)cc1. The van der Waals surface area contributed by atoms with Gasteiger partial charge in [-0.2, -0.15) is 0 Å². The van der Waals surface area contributed by atoms with Crippen LogP contribution in [0.2, 0.25) is 0 Å². The van der Waals surface area contributed by atoms with Crippen molar-refractivity contribution < 1.29 is 0 Å². The summed E-state index contributed by atoms with van der Waals surface area (Å²) in [4.78, 5) is 0. The van der Waals surface area contributed by atoms with Gasteiger partial charge in [0.1, 0.15) is 0 Å². The van der Waals surface area contributed by atoms with Crippen LogP contribution < -0.4 is 0 Å². The van der Waals surface area contributed by atoms with E-state index < -0.39 is 0 Å². The molecule has 0 nitrogen and oxygen atoms in total. The Morgan fingerprint density at radius 3 is 2.25 bits per heavy atom. The Morgan fingerprint density at radius 1 is 1.08 bits per heavy atom. The molecule has 1 aromatic carbocycles. The van der Waals surface area contributed by atoms with E-state index in [-0.39, 0.29) is 0 Å². The molecule has 1 rings (SSSR count). The maximum atomic E-state index is 2.25. The minimum Gasteiger partial charge on any atom is -0.0651 e. The van der Waals surface area contributed by atoms with E-state index >= 15 is 0 Å². The largest absolute Gasteiger partial charge is 0.0651 e. The van der Waals surface area contributed by atoms with Crippen LogP contribution in [0.4, 0.5) is 0 Å². The van der Waals surface area contributed by atoms with Crippen molar-refractivity contribution in [1.82, 2.24) is 0 Å². The zero-order chi connectivity index (χ0) is 8.81. The Labute approximate surface area is 75.6 Å². The molecule has 65 valence electrons. The second-order valence-electron chi connectivity index (χ2n) is 3.10. The molecule has 0 saturated carbocycles. The number of benzene rings is 1. The van der Waals surface area contributed by atoms with Crippen LogP contribution in [-0.4, -0.2) is 0 Å². The molecule has 0 N–H and O–H groups in total. The van der Waals surface area contributed by atoms with Crippen LogP contribution in [0.25, 0.3) is 0 Å². The number of rotatable bonds is 4. The van der Waals surface area contributed by atoms with Gasteiger partial charge in [0.2, 0.25) is 0 Å². The van der Waals surface area contributed by atoms with Crippen LogP contribution in [0.15, 0.2) is 24.3 Å². The van der Waals surface area contributed by atoms with Crippen LogP contribution in [0.3, 0.4) is 0 Å². The molecule has 0 aliphatic carbocycles. The van der Waals surface area contributed by atoms with Gasteiger partial charge in [-0.3, -0.25) is 0 Å². The molecule has 0 amide bonds. The van der Waals surface area contributed by atoms with Gasteiger partial charge in [0.15, 0.2) is 0 Å². The molecule has 12 heavy (non-hydrogen) atoms. The highest BCUT2D eigenvalue weighted by atomic mass is 14.0. The Hall–Kier alpha value is -0.780. The lowest BCUT2D eigenvalue weighted by Gasteiger charge is -2.00. The highest BCUT2D eigenvalue weighted by molar-refractivity contribution is 5.27. The van der Waals surface area contributed by atoms with E-state index in [0.717, 1.165) is 6.42 Å². The normalized spacial score (nSPS) is 10.2.